The number of hydrogen-bond acceptors (Lipinski definition) is 4. The zero-order chi connectivity index (χ0) is 3.58. The van der Waals surface area contributed by atoms with E-state index < -0.39 is 17.2 Å². The average molecular weight is 195 g/mol. The summed E-state index contributed by atoms with van der Waals surface area (Å²) in [6, 6.07) is 0. The van der Waals surface area contributed by atoms with Gasteiger partial charge in [0, 0.05) is 0 Å². The first-order chi connectivity index (χ1) is 1.73. The number of rotatable bonds is 0. The molecule has 0 amide bonds. The van der Waals surface area contributed by atoms with Crippen molar-refractivity contribution in [2.75, 3.05) is 0 Å². The van der Waals surface area contributed by atoms with Gasteiger partial charge in [-0.15, -0.1) is 0 Å². The van der Waals surface area contributed by atoms with E-state index in [1.54, 1.807) is 0 Å². The molecule has 0 aromatic rings. The van der Waals surface area contributed by atoms with Crippen LogP contribution in [0.15, 0.2) is 0 Å². The minimum atomic E-state index is -4.11. The molecule has 6 heavy (non-hydrogen) atoms. The monoisotopic (exact) mass is 197 g/mol. The van der Waals surface area contributed by atoms with E-state index in [9.17, 15) is 0 Å². The van der Waals surface area contributed by atoms with Gasteiger partial charge < -0.3 is 6.15 Å². The van der Waals surface area contributed by atoms with E-state index in [2.05, 4.69) is 0 Å². The van der Waals surface area contributed by atoms with Gasteiger partial charge in [0.25, 0.3) is 0 Å². The molecule has 0 spiro atoms. The summed E-state index contributed by atoms with van der Waals surface area (Å²) in [7, 11) is 0. The normalized spacial score (nSPS) is 4.00. The van der Waals surface area contributed by atoms with Gasteiger partial charge >= 0.3 is 27.4 Å². The topological polar surface area (TPSA) is 86.2 Å². The maximum atomic E-state index is 8.59. The summed E-state index contributed by atoms with van der Waals surface area (Å²) in [5, 5.41) is 0. The Morgan fingerprint density at radius 1 is 1.00 bits per heavy atom. The first-order valence-corrected chi connectivity index (χ1v) is 2.96. The molecule has 0 rings (SSSR count). The summed E-state index contributed by atoms with van der Waals surface area (Å²) in [6.07, 6.45) is 0. The van der Waals surface area contributed by atoms with E-state index in [4.69, 9.17) is 10.2 Å². The fourth-order valence-corrected chi connectivity index (χ4v) is 0. The molecule has 0 unspecified atom stereocenters. The molecule has 3 N–H and O–H groups in total. The van der Waals surface area contributed by atoms with Crippen LogP contribution in [0, 0.1) is 0 Å². The molecule has 0 saturated carbocycles. The Morgan fingerprint density at radius 2 is 1.00 bits per heavy atom. The van der Waals surface area contributed by atoms with Gasteiger partial charge in [-0.05, 0) is 0 Å². The molecule has 40 valence electrons. The molecule has 6 heteroatoms. The van der Waals surface area contributed by atoms with E-state index in [1.165, 1.54) is 0 Å². The Morgan fingerprint density at radius 3 is 1.00 bits per heavy atom. The minimum absolute atomic E-state index is 0. The quantitative estimate of drug-likeness (QED) is 0.547. The van der Waals surface area contributed by atoms with E-state index in [-0.39, 0.29) is 19.6 Å². The van der Waals surface area contributed by atoms with Crippen molar-refractivity contribution in [2.45, 2.75) is 0 Å². The van der Waals surface area contributed by atoms with Crippen LogP contribution in [0.25, 0.3) is 0 Å². The van der Waals surface area contributed by atoms with Crippen LogP contribution in [-0.4, -0.2) is 0 Å². The molecule has 0 heterocycles. The molecule has 4 nitrogen and oxygen atoms in total. The molecule has 0 aliphatic rings. The Hall–Kier alpha value is 0.398. The fraction of sp³-hybridized carbons (Fsp3) is 0. The molecule has 0 aliphatic heterocycles. The van der Waals surface area contributed by atoms with Crippen molar-refractivity contribution in [1.82, 2.24) is 6.15 Å². The standard InChI is InChI=1S/Mo.H3N.3O.H2S/h;1H3;;;;1H2. The van der Waals surface area contributed by atoms with Crippen LogP contribution in [0.4, 0.5) is 0 Å². The Labute approximate surface area is 47.4 Å². The average Bonchev–Trinajstić information content (AvgIpc) is 0.811. The van der Waals surface area contributed by atoms with Gasteiger partial charge in [-0.1, -0.05) is 0 Å². The van der Waals surface area contributed by atoms with Gasteiger partial charge in [-0.2, -0.15) is 13.5 Å². The van der Waals surface area contributed by atoms with Crippen molar-refractivity contribution >= 4 is 13.5 Å². The zero-order valence-corrected chi connectivity index (χ0v) is 5.85. The Balaban J connectivity index is -0.0000000450. The molecule has 0 aliphatic carbocycles. The van der Waals surface area contributed by atoms with Crippen molar-refractivity contribution < 1.29 is 27.4 Å². The van der Waals surface area contributed by atoms with Crippen molar-refractivity contribution in [3.05, 3.63) is 0 Å². The molecular formula is H5MoNO3S. The molecule has 0 radical (unpaired) electrons. The van der Waals surface area contributed by atoms with Crippen LogP contribution < -0.4 is 6.15 Å². The molecular weight excluding hydrogens is 190 g/mol. The second kappa shape index (κ2) is 9.04. The van der Waals surface area contributed by atoms with Crippen LogP contribution in [0.5, 0.6) is 0 Å². The Bertz CT molecular complexity index is 80.2. The van der Waals surface area contributed by atoms with E-state index >= 15 is 0 Å². The molecule has 0 saturated heterocycles. The van der Waals surface area contributed by atoms with Gasteiger partial charge in [-0.3, -0.25) is 0 Å². The SMILES string of the molecule is N.S.[O]=[Mo](=[O])=[O]. The fourth-order valence-electron chi connectivity index (χ4n) is 0. The first kappa shape index (κ1) is 16.1. The van der Waals surface area contributed by atoms with Crippen molar-refractivity contribution in [1.29, 1.82) is 0 Å². The van der Waals surface area contributed by atoms with Crippen LogP contribution >= 0.6 is 13.5 Å². The van der Waals surface area contributed by atoms with E-state index in [0.717, 1.165) is 0 Å². The van der Waals surface area contributed by atoms with Crippen LogP contribution in [0.2, 0.25) is 0 Å². The maximum absolute atomic E-state index is 8.59. The molecule has 0 bridgehead atoms. The summed E-state index contributed by atoms with van der Waals surface area (Å²) < 4.78 is 25.8. The summed E-state index contributed by atoms with van der Waals surface area (Å²) in [4.78, 5) is 0. The molecule has 0 aromatic carbocycles. The van der Waals surface area contributed by atoms with Gasteiger partial charge in [0.2, 0.25) is 0 Å². The predicted molar refractivity (Wildman–Crippen MR) is 17.5 cm³/mol. The summed E-state index contributed by atoms with van der Waals surface area (Å²) in [5.74, 6) is 0. The van der Waals surface area contributed by atoms with Crippen molar-refractivity contribution in [3.63, 3.8) is 0 Å². The molecule has 0 atom stereocenters. The Kier molecular flexibility index (Phi) is 24.3. The third-order valence-corrected chi connectivity index (χ3v) is 0. The van der Waals surface area contributed by atoms with Crippen LogP contribution in [0.1, 0.15) is 0 Å². The summed E-state index contributed by atoms with van der Waals surface area (Å²) >= 11 is -4.11. The number of hydrogen-bond donors (Lipinski definition) is 1. The van der Waals surface area contributed by atoms with Crippen molar-refractivity contribution in [3.8, 4) is 0 Å². The first-order valence-electron chi connectivity index (χ1n) is 0.500. The van der Waals surface area contributed by atoms with Gasteiger partial charge in [0.05, 0.1) is 0 Å². The molecule has 0 fully saturated rings. The van der Waals surface area contributed by atoms with Gasteiger partial charge in [-0.25, -0.2) is 0 Å². The zero-order valence-electron chi connectivity index (χ0n) is 2.84. The predicted octanol–water partition coefficient (Wildman–Crippen LogP) is -0.0841. The van der Waals surface area contributed by atoms with Crippen LogP contribution in [0.3, 0.4) is 0 Å². The summed E-state index contributed by atoms with van der Waals surface area (Å²) in [6.45, 7) is 0. The van der Waals surface area contributed by atoms with E-state index in [0.29, 0.717) is 0 Å². The second-order valence-corrected chi connectivity index (χ2v) is 1.21. The summed E-state index contributed by atoms with van der Waals surface area (Å²) in [5.41, 5.74) is 0. The second-order valence-electron chi connectivity index (χ2n) is 0.204. The van der Waals surface area contributed by atoms with E-state index in [1.807, 2.05) is 0 Å². The van der Waals surface area contributed by atoms with Crippen LogP contribution in [-0.2, 0) is 27.4 Å². The van der Waals surface area contributed by atoms with Gasteiger partial charge in [0.1, 0.15) is 0 Å². The van der Waals surface area contributed by atoms with Gasteiger partial charge in [0.15, 0.2) is 0 Å². The molecule has 0 aromatic heterocycles. The third kappa shape index (κ3) is 320. The third-order valence-electron chi connectivity index (χ3n) is 0. The van der Waals surface area contributed by atoms with Crippen molar-refractivity contribution in [2.24, 2.45) is 0 Å².